The van der Waals surface area contributed by atoms with Crippen LogP contribution in [0.4, 0.5) is 0 Å². The summed E-state index contributed by atoms with van der Waals surface area (Å²) in [5.74, 6) is -0.956. The number of rotatable bonds is 46. The van der Waals surface area contributed by atoms with Crippen LogP contribution in [-0.4, -0.2) is 37.2 Å². The van der Waals surface area contributed by atoms with Gasteiger partial charge in [-0.3, -0.25) is 14.4 Å². The second-order valence-corrected chi connectivity index (χ2v) is 17.2. The highest BCUT2D eigenvalue weighted by molar-refractivity contribution is 5.71. The smallest absolute Gasteiger partial charge is 0.306 e. The van der Waals surface area contributed by atoms with E-state index in [0.29, 0.717) is 19.3 Å². The van der Waals surface area contributed by atoms with E-state index in [-0.39, 0.29) is 31.1 Å². The van der Waals surface area contributed by atoms with Gasteiger partial charge in [-0.15, -0.1) is 0 Å². The van der Waals surface area contributed by atoms with Crippen molar-refractivity contribution in [1.82, 2.24) is 0 Å². The van der Waals surface area contributed by atoms with Gasteiger partial charge in [0, 0.05) is 19.3 Å². The number of esters is 3. The molecule has 1 unspecified atom stereocenters. The zero-order valence-electron chi connectivity index (χ0n) is 41.1. The summed E-state index contributed by atoms with van der Waals surface area (Å²) in [4.78, 5) is 38.0. The maximum absolute atomic E-state index is 12.8. The molecule has 0 N–H and O–H groups in total. The molecule has 0 bridgehead atoms. The van der Waals surface area contributed by atoms with Crippen molar-refractivity contribution in [3.05, 3.63) is 85.1 Å². The molecule has 0 spiro atoms. The van der Waals surface area contributed by atoms with E-state index in [1.807, 2.05) is 0 Å². The lowest BCUT2D eigenvalue weighted by atomic mass is 10.1. The summed E-state index contributed by atoms with van der Waals surface area (Å²) >= 11 is 0. The van der Waals surface area contributed by atoms with Crippen molar-refractivity contribution in [2.24, 2.45) is 0 Å². The maximum Gasteiger partial charge on any atom is 0.306 e. The van der Waals surface area contributed by atoms with Gasteiger partial charge in [0.25, 0.3) is 0 Å². The monoisotopic (exact) mass is 877 g/mol. The Morgan fingerprint density at radius 2 is 0.635 bits per heavy atom. The second kappa shape index (κ2) is 51.2. The average molecular weight is 877 g/mol. The Morgan fingerprint density at radius 1 is 0.333 bits per heavy atom. The summed E-state index contributed by atoms with van der Waals surface area (Å²) < 4.78 is 16.8. The van der Waals surface area contributed by atoms with Crippen LogP contribution in [0.15, 0.2) is 85.1 Å². The minimum Gasteiger partial charge on any atom is -0.462 e. The van der Waals surface area contributed by atoms with E-state index in [2.05, 4.69) is 106 Å². The van der Waals surface area contributed by atoms with Crippen molar-refractivity contribution in [2.75, 3.05) is 13.2 Å². The van der Waals surface area contributed by atoms with Crippen LogP contribution in [0.1, 0.15) is 239 Å². The third-order valence-electron chi connectivity index (χ3n) is 11.0. The van der Waals surface area contributed by atoms with Gasteiger partial charge in [0.15, 0.2) is 6.10 Å². The molecule has 6 heteroatoms. The number of allylic oxidation sites excluding steroid dienone is 14. The van der Waals surface area contributed by atoms with Crippen molar-refractivity contribution in [3.8, 4) is 0 Å². The number of hydrogen-bond acceptors (Lipinski definition) is 6. The first kappa shape index (κ1) is 59.6. The van der Waals surface area contributed by atoms with Crippen molar-refractivity contribution in [2.45, 2.75) is 245 Å². The molecule has 0 aromatic heterocycles. The molecule has 0 fully saturated rings. The number of carbonyl (C=O) groups is 3. The molecular weight excluding hydrogens is 781 g/mol. The molecule has 360 valence electrons. The van der Waals surface area contributed by atoms with Gasteiger partial charge in [0.2, 0.25) is 0 Å². The predicted molar refractivity (Wildman–Crippen MR) is 270 cm³/mol. The van der Waals surface area contributed by atoms with Crippen LogP contribution in [0.5, 0.6) is 0 Å². The third-order valence-corrected chi connectivity index (χ3v) is 11.0. The Hall–Kier alpha value is -3.41. The van der Waals surface area contributed by atoms with Crippen LogP contribution in [0, 0.1) is 0 Å². The normalized spacial score (nSPS) is 12.7. The highest BCUT2D eigenvalue weighted by atomic mass is 16.6. The first-order valence-electron chi connectivity index (χ1n) is 26.2. The lowest BCUT2D eigenvalue weighted by molar-refractivity contribution is -0.167. The number of unbranched alkanes of at least 4 members (excludes halogenated alkanes) is 25. The molecule has 0 heterocycles. The Kier molecular flexibility index (Phi) is 48.5. The van der Waals surface area contributed by atoms with Crippen LogP contribution in [0.25, 0.3) is 0 Å². The Morgan fingerprint density at radius 3 is 1.02 bits per heavy atom. The van der Waals surface area contributed by atoms with E-state index in [4.69, 9.17) is 14.2 Å². The summed E-state index contributed by atoms with van der Waals surface area (Å²) in [5.41, 5.74) is 0. The molecular formula is C57H96O6. The van der Waals surface area contributed by atoms with Crippen LogP contribution in [-0.2, 0) is 28.6 Å². The first-order chi connectivity index (χ1) is 31.0. The van der Waals surface area contributed by atoms with Gasteiger partial charge in [0.05, 0.1) is 0 Å². The van der Waals surface area contributed by atoms with E-state index in [1.54, 1.807) is 0 Å². The van der Waals surface area contributed by atoms with Gasteiger partial charge in [-0.25, -0.2) is 0 Å². The molecule has 63 heavy (non-hydrogen) atoms. The van der Waals surface area contributed by atoms with Crippen molar-refractivity contribution in [3.63, 3.8) is 0 Å². The van der Waals surface area contributed by atoms with Gasteiger partial charge < -0.3 is 14.2 Å². The molecule has 0 rings (SSSR count). The first-order valence-corrected chi connectivity index (χ1v) is 26.2. The molecule has 0 aromatic rings. The minimum atomic E-state index is -0.801. The standard InChI is InChI=1S/C57H96O6/c1-4-7-10-13-16-19-22-25-27-28-29-30-33-35-38-41-44-47-50-56(59)62-53-54(52-61-55(58)49-46-43-40-37-34-31-24-21-18-15-12-9-6-3)63-57(60)51-48-45-42-39-36-32-26-23-20-17-14-11-8-5-2/h9,12,15,18,21-22,24-25,27-30,32,36,54H,4-8,10-11,13-14,16-17,19-20,23,26,31,33-35,37-53H2,1-3H3/b12-9-,18-15-,24-21-,25-22-,28-27-,30-29-,36-32-. The van der Waals surface area contributed by atoms with Crippen LogP contribution in [0.3, 0.4) is 0 Å². The number of hydrogen-bond donors (Lipinski definition) is 0. The summed E-state index contributed by atoms with van der Waals surface area (Å²) in [6.45, 7) is 6.43. The summed E-state index contributed by atoms with van der Waals surface area (Å²) in [7, 11) is 0. The Balaban J connectivity index is 4.46. The molecule has 0 radical (unpaired) electrons. The van der Waals surface area contributed by atoms with Crippen molar-refractivity contribution < 1.29 is 28.6 Å². The Labute approximate surface area is 388 Å². The lowest BCUT2D eigenvalue weighted by Gasteiger charge is -2.18. The zero-order valence-corrected chi connectivity index (χ0v) is 41.1. The molecule has 1 atom stereocenters. The van der Waals surface area contributed by atoms with Crippen LogP contribution >= 0.6 is 0 Å². The molecule has 0 saturated carbocycles. The molecule has 0 amide bonds. The quantitative estimate of drug-likeness (QED) is 0.0199. The van der Waals surface area contributed by atoms with Gasteiger partial charge in [-0.1, -0.05) is 215 Å². The fourth-order valence-electron chi connectivity index (χ4n) is 7.03. The largest absolute Gasteiger partial charge is 0.462 e. The van der Waals surface area contributed by atoms with Crippen molar-refractivity contribution >= 4 is 17.9 Å². The average Bonchev–Trinajstić information content (AvgIpc) is 3.28. The topological polar surface area (TPSA) is 78.9 Å². The van der Waals surface area contributed by atoms with Gasteiger partial charge in [0.1, 0.15) is 13.2 Å². The van der Waals surface area contributed by atoms with E-state index >= 15 is 0 Å². The minimum absolute atomic E-state index is 0.101. The SMILES string of the molecule is CC\C=C/C=C\C=C/CCCCCCCC(=O)OCC(COC(=O)CCCCCCC\C=C/C=C\C=C/CCCCCCC)OC(=O)CCCCC/C=C\CCCCCCCCC. The van der Waals surface area contributed by atoms with E-state index < -0.39 is 6.10 Å². The molecule has 0 aliphatic heterocycles. The zero-order chi connectivity index (χ0) is 45.8. The van der Waals surface area contributed by atoms with Gasteiger partial charge >= 0.3 is 17.9 Å². The fourth-order valence-corrected chi connectivity index (χ4v) is 7.03. The fraction of sp³-hybridized carbons (Fsp3) is 0.702. The predicted octanol–water partition coefficient (Wildman–Crippen LogP) is 17.2. The van der Waals surface area contributed by atoms with Crippen molar-refractivity contribution in [1.29, 1.82) is 0 Å². The highest BCUT2D eigenvalue weighted by Gasteiger charge is 2.19. The van der Waals surface area contributed by atoms with Crippen LogP contribution < -0.4 is 0 Å². The number of carbonyl (C=O) groups excluding carboxylic acids is 3. The van der Waals surface area contributed by atoms with Crippen LogP contribution in [0.2, 0.25) is 0 Å². The second-order valence-electron chi connectivity index (χ2n) is 17.2. The summed E-state index contributed by atoms with van der Waals surface area (Å²) in [5, 5.41) is 0. The van der Waals surface area contributed by atoms with E-state index in [9.17, 15) is 14.4 Å². The lowest BCUT2D eigenvalue weighted by Crippen LogP contribution is -2.30. The summed E-state index contributed by atoms with van der Waals surface area (Å²) in [6.07, 6.45) is 65.6. The molecule has 0 aliphatic rings. The van der Waals surface area contributed by atoms with Gasteiger partial charge in [-0.2, -0.15) is 0 Å². The van der Waals surface area contributed by atoms with E-state index in [1.165, 1.54) is 77.0 Å². The molecule has 0 saturated heterocycles. The van der Waals surface area contributed by atoms with E-state index in [0.717, 1.165) is 122 Å². The molecule has 0 aromatic carbocycles. The number of ether oxygens (including phenoxy) is 3. The highest BCUT2D eigenvalue weighted by Crippen LogP contribution is 2.13. The van der Waals surface area contributed by atoms with Gasteiger partial charge in [-0.05, 0) is 89.9 Å². The molecule has 0 aliphatic carbocycles. The third kappa shape index (κ3) is 49.5. The summed E-state index contributed by atoms with van der Waals surface area (Å²) in [6, 6.07) is 0. The maximum atomic E-state index is 12.8. The molecule has 6 nitrogen and oxygen atoms in total. The Bertz CT molecular complexity index is 1240.